The zero-order valence-electron chi connectivity index (χ0n) is 17.3. The Bertz CT molecular complexity index is 1110. The molecule has 1 aliphatic rings. The highest BCUT2D eigenvalue weighted by atomic mass is 35.5. The van der Waals surface area contributed by atoms with Crippen molar-refractivity contribution in [3.8, 4) is 0 Å². The Morgan fingerprint density at radius 1 is 1.19 bits per heavy atom. The fourth-order valence-electron chi connectivity index (χ4n) is 3.27. The van der Waals surface area contributed by atoms with Crippen LogP contribution in [0.4, 0.5) is 5.69 Å². The molecule has 0 radical (unpaired) electrons. The van der Waals surface area contributed by atoms with Crippen molar-refractivity contribution in [1.29, 1.82) is 0 Å². The van der Waals surface area contributed by atoms with Crippen LogP contribution in [0.15, 0.2) is 52.7 Å². The van der Waals surface area contributed by atoms with Gasteiger partial charge in [0.2, 0.25) is 11.8 Å². The van der Waals surface area contributed by atoms with E-state index in [0.717, 1.165) is 16.8 Å². The SMILES string of the molecule is CC1=C(C(N)=O)[C@H](c2cccc(Cl)c2Cl)N=C(SCC(=O)Nc2ccc(C)cc2C)N1. The molecule has 9 heteroatoms. The number of thioether (sulfide) groups is 1. The molecular formula is C22H22Cl2N4O2S. The summed E-state index contributed by atoms with van der Waals surface area (Å²) in [6, 6.07) is 10.3. The van der Waals surface area contributed by atoms with Crippen LogP contribution in [0, 0.1) is 13.8 Å². The molecule has 0 unspecified atom stereocenters. The Morgan fingerprint density at radius 2 is 1.94 bits per heavy atom. The lowest BCUT2D eigenvalue weighted by Crippen LogP contribution is -2.33. The third-order valence-corrected chi connectivity index (χ3v) is 6.48. The molecule has 0 bridgehead atoms. The molecule has 2 aromatic carbocycles. The molecule has 2 aromatic rings. The van der Waals surface area contributed by atoms with E-state index in [1.54, 1.807) is 25.1 Å². The minimum absolute atomic E-state index is 0.133. The summed E-state index contributed by atoms with van der Waals surface area (Å²) in [6.07, 6.45) is 0. The van der Waals surface area contributed by atoms with Gasteiger partial charge in [-0.3, -0.25) is 9.59 Å². The summed E-state index contributed by atoms with van der Waals surface area (Å²) in [7, 11) is 0. The van der Waals surface area contributed by atoms with Gasteiger partial charge in [0.15, 0.2) is 5.17 Å². The number of nitrogens with two attached hydrogens (primary N) is 1. The van der Waals surface area contributed by atoms with E-state index in [1.165, 1.54) is 11.8 Å². The number of carbonyl (C=O) groups is 2. The number of halogens is 2. The predicted molar refractivity (Wildman–Crippen MR) is 129 cm³/mol. The lowest BCUT2D eigenvalue weighted by atomic mass is 9.96. The van der Waals surface area contributed by atoms with Gasteiger partial charge >= 0.3 is 0 Å². The highest BCUT2D eigenvalue weighted by Gasteiger charge is 2.30. The molecule has 0 spiro atoms. The quantitative estimate of drug-likeness (QED) is 0.580. The van der Waals surface area contributed by atoms with Gasteiger partial charge in [-0.25, -0.2) is 4.99 Å². The minimum Gasteiger partial charge on any atom is -0.366 e. The van der Waals surface area contributed by atoms with Gasteiger partial charge in [0.25, 0.3) is 0 Å². The molecule has 3 rings (SSSR count). The van der Waals surface area contributed by atoms with Crippen molar-refractivity contribution in [3.63, 3.8) is 0 Å². The minimum atomic E-state index is -0.713. The van der Waals surface area contributed by atoms with Crippen LogP contribution < -0.4 is 16.4 Å². The van der Waals surface area contributed by atoms with Crippen LogP contribution in [0.25, 0.3) is 0 Å². The van der Waals surface area contributed by atoms with Crippen LogP contribution >= 0.6 is 35.0 Å². The number of amidine groups is 1. The maximum Gasteiger partial charge on any atom is 0.248 e. The van der Waals surface area contributed by atoms with E-state index < -0.39 is 11.9 Å². The Hall–Kier alpha value is -2.48. The summed E-state index contributed by atoms with van der Waals surface area (Å²) in [5, 5.41) is 7.11. The first-order valence-electron chi connectivity index (χ1n) is 9.46. The zero-order chi connectivity index (χ0) is 22.7. The van der Waals surface area contributed by atoms with Crippen molar-refractivity contribution >= 4 is 57.6 Å². The number of nitrogens with zero attached hydrogens (tertiary/aromatic N) is 1. The molecule has 1 aliphatic heterocycles. The average Bonchev–Trinajstić information content (AvgIpc) is 2.70. The first-order valence-corrected chi connectivity index (χ1v) is 11.2. The van der Waals surface area contributed by atoms with Crippen LogP contribution in [0.3, 0.4) is 0 Å². The second kappa shape index (κ2) is 9.77. The van der Waals surface area contributed by atoms with Crippen molar-refractivity contribution < 1.29 is 9.59 Å². The molecule has 1 atom stereocenters. The van der Waals surface area contributed by atoms with Gasteiger partial charge < -0.3 is 16.4 Å². The normalized spacial score (nSPS) is 15.9. The second-order valence-electron chi connectivity index (χ2n) is 7.16. The molecule has 4 N–H and O–H groups in total. The number of carbonyl (C=O) groups excluding carboxylic acids is 2. The number of benzene rings is 2. The molecule has 0 aromatic heterocycles. The topological polar surface area (TPSA) is 96.6 Å². The van der Waals surface area contributed by atoms with Crippen LogP contribution in [0.2, 0.25) is 10.0 Å². The van der Waals surface area contributed by atoms with Gasteiger partial charge in [-0.1, -0.05) is 64.8 Å². The number of amides is 2. The van der Waals surface area contributed by atoms with E-state index in [2.05, 4.69) is 15.6 Å². The fourth-order valence-corrected chi connectivity index (χ4v) is 4.43. The van der Waals surface area contributed by atoms with E-state index in [-0.39, 0.29) is 11.7 Å². The molecular weight excluding hydrogens is 455 g/mol. The van der Waals surface area contributed by atoms with E-state index in [9.17, 15) is 9.59 Å². The average molecular weight is 477 g/mol. The number of aliphatic imine (C=N–C) groups is 1. The van der Waals surface area contributed by atoms with Crippen LogP contribution in [-0.4, -0.2) is 22.7 Å². The number of hydrogen-bond acceptors (Lipinski definition) is 5. The molecule has 0 aliphatic carbocycles. The summed E-state index contributed by atoms with van der Waals surface area (Å²) in [5.74, 6) is -0.638. The standard InChI is InChI=1S/C22H22Cl2N4O2S/c1-11-7-8-16(12(2)9-11)27-17(29)10-31-22-26-13(3)18(21(25)30)20(28-22)14-5-4-6-15(23)19(14)24/h4-9,20H,10H2,1-3H3,(H2,25,30)(H,26,28)(H,27,29)/t20-/m0/s1. The lowest BCUT2D eigenvalue weighted by molar-refractivity contribution is -0.115. The van der Waals surface area contributed by atoms with Gasteiger partial charge in [0, 0.05) is 16.9 Å². The Kier molecular flexibility index (Phi) is 7.30. The third kappa shape index (κ3) is 5.42. The summed E-state index contributed by atoms with van der Waals surface area (Å²) >= 11 is 13.7. The molecule has 6 nitrogen and oxygen atoms in total. The van der Waals surface area contributed by atoms with Crippen LogP contribution in [0.5, 0.6) is 0 Å². The largest absolute Gasteiger partial charge is 0.366 e. The maximum atomic E-state index is 12.5. The van der Waals surface area contributed by atoms with Crippen LogP contribution in [0.1, 0.15) is 29.7 Å². The van der Waals surface area contributed by atoms with E-state index in [1.807, 2.05) is 32.0 Å². The first-order chi connectivity index (χ1) is 14.7. The molecule has 162 valence electrons. The van der Waals surface area contributed by atoms with Gasteiger partial charge in [0.05, 0.1) is 21.4 Å². The number of aryl methyl sites for hydroxylation is 2. The molecule has 0 fully saturated rings. The van der Waals surface area contributed by atoms with Crippen molar-refractivity contribution in [2.24, 2.45) is 10.7 Å². The highest BCUT2D eigenvalue weighted by molar-refractivity contribution is 8.14. The molecule has 0 saturated carbocycles. The van der Waals surface area contributed by atoms with E-state index >= 15 is 0 Å². The predicted octanol–water partition coefficient (Wildman–Crippen LogP) is 4.74. The summed E-state index contributed by atoms with van der Waals surface area (Å²) in [4.78, 5) is 29.1. The third-order valence-electron chi connectivity index (χ3n) is 4.76. The van der Waals surface area contributed by atoms with E-state index in [4.69, 9.17) is 28.9 Å². The summed E-state index contributed by atoms with van der Waals surface area (Å²) < 4.78 is 0. The van der Waals surface area contributed by atoms with Crippen molar-refractivity contribution in [1.82, 2.24) is 5.32 Å². The van der Waals surface area contributed by atoms with Crippen molar-refractivity contribution in [2.45, 2.75) is 26.8 Å². The van der Waals surface area contributed by atoms with Gasteiger partial charge in [0.1, 0.15) is 6.04 Å². The molecule has 1 heterocycles. The number of rotatable bonds is 5. The van der Waals surface area contributed by atoms with Gasteiger partial charge in [-0.2, -0.15) is 0 Å². The van der Waals surface area contributed by atoms with Crippen LogP contribution in [-0.2, 0) is 9.59 Å². The fraction of sp³-hybridized carbons (Fsp3) is 0.227. The van der Waals surface area contributed by atoms with Gasteiger partial charge in [-0.15, -0.1) is 0 Å². The number of allylic oxidation sites excluding steroid dienone is 1. The van der Waals surface area contributed by atoms with Crippen molar-refractivity contribution in [2.75, 3.05) is 11.1 Å². The monoisotopic (exact) mass is 476 g/mol. The zero-order valence-corrected chi connectivity index (χ0v) is 19.6. The molecule has 0 saturated heterocycles. The van der Waals surface area contributed by atoms with E-state index in [0.29, 0.717) is 32.0 Å². The molecule has 2 amide bonds. The number of nitrogens with one attached hydrogen (secondary N) is 2. The Labute approximate surface area is 195 Å². The number of primary amides is 1. The second-order valence-corrected chi connectivity index (χ2v) is 8.91. The highest BCUT2D eigenvalue weighted by Crippen LogP contribution is 2.38. The summed E-state index contributed by atoms with van der Waals surface area (Å²) in [6.45, 7) is 5.68. The Morgan fingerprint density at radius 3 is 2.61 bits per heavy atom. The number of anilines is 1. The first kappa shape index (κ1) is 23.2. The summed E-state index contributed by atoms with van der Waals surface area (Å²) in [5.41, 5.74) is 9.92. The smallest absolute Gasteiger partial charge is 0.248 e. The maximum absolute atomic E-state index is 12.5. The van der Waals surface area contributed by atoms with Crippen molar-refractivity contribution in [3.05, 3.63) is 74.4 Å². The number of hydrogen-bond donors (Lipinski definition) is 3. The Balaban J connectivity index is 1.79. The molecule has 31 heavy (non-hydrogen) atoms. The van der Waals surface area contributed by atoms with Gasteiger partial charge in [-0.05, 0) is 38.5 Å². The lowest BCUT2D eigenvalue weighted by Gasteiger charge is -2.26.